The van der Waals surface area contributed by atoms with Crippen LogP contribution in [-0.4, -0.2) is 20.7 Å². The van der Waals surface area contributed by atoms with Gasteiger partial charge in [0.2, 0.25) is 5.89 Å². The van der Waals surface area contributed by atoms with Crippen molar-refractivity contribution < 1.29 is 13.9 Å². The largest absolute Gasteiger partial charge is 0.456 e. The number of nitrogens with zero attached hydrogens (tertiary/aromatic N) is 3. The van der Waals surface area contributed by atoms with E-state index in [2.05, 4.69) is 10.1 Å². The van der Waals surface area contributed by atoms with Crippen LogP contribution in [0.25, 0.3) is 17.5 Å². The van der Waals surface area contributed by atoms with Gasteiger partial charge in [-0.2, -0.15) is 5.10 Å². The predicted octanol–water partition coefficient (Wildman–Crippen LogP) is 4.10. The fourth-order valence-electron chi connectivity index (χ4n) is 2.44. The molecule has 0 radical (unpaired) electrons. The summed E-state index contributed by atoms with van der Waals surface area (Å²) in [5, 5.41) is 4.65. The lowest BCUT2D eigenvalue weighted by atomic mass is 10.2. The molecule has 2 heterocycles. The van der Waals surface area contributed by atoms with Gasteiger partial charge in [0.1, 0.15) is 23.2 Å². The summed E-state index contributed by atoms with van der Waals surface area (Å²) in [6, 6.07) is 9.55. The molecule has 26 heavy (non-hydrogen) atoms. The molecule has 0 saturated carbocycles. The number of halogens is 1. The number of rotatable bonds is 5. The summed E-state index contributed by atoms with van der Waals surface area (Å²) >= 11 is 6.13. The van der Waals surface area contributed by atoms with Gasteiger partial charge in [-0.25, -0.2) is 9.78 Å². The standard InChI is InChI=1S/C19H18ClN3O3/c1-12-15(18(20)23(3)22-12)9-10-17(24)25-11-16-13(2)26-19(21-16)14-7-5-4-6-8-14/h4-10H,11H2,1-3H3/b10-9+. The summed E-state index contributed by atoms with van der Waals surface area (Å²) in [4.78, 5) is 16.4. The molecule has 3 rings (SSSR count). The first-order chi connectivity index (χ1) is 12.5. The Labute approximate surface area is 156 Å². The fraction of sp³-hybridized carbons (Fsp3) is 0.211. The van der Waals surface area contributed by atoms with Crippen LogP contribution in [0.2, 0.25) is 5.15 Å². The second kappa shape index (κ2) is 7.58. The molecule has 0 saturated heterocycles. The van der Waals surface area contributed by atoms with E-state index in [0.717, 1.165) is 11.3 Å². The van der Waals surface area contributed by atoms with Crippen molar-refractivity contribution in [2.24, 2.45) is 7.05 Å². The van der Waals surface area contributed by atoms with Crippen LogP contribution in [0.3, 0.4) is 0 Å². The maximum atomic E-state index is 12.0. The Kier molecular flexibility index (Phi) is 5.23. The highest BCUT2D eigenvalue weighted by Gasteiger charge is 2.13. The molecule has 0 atom stereocenters. The topological polar surface area (TPSA) is 70.2 Å². The number of esters is 1. The van der Waals surface area contributed by atoms with Gasteiger partial charge < -0.3 is 9.15 Å². The van der Waals surface area contributed by atoms with Crippen LogP contribution in [-0.2, 0) is 23.2 Å². The van der Waals surface area contributed by atoms with E-state index in [-0.39, 0.29) is 6.61 Å². The van der Waals surface area contributed by atoms with Crippen molar-refractivity contribution in [3.05, 3.63) is 64.3 Å². The van der Waals surface area contributed by atoms with E-state index in [9.17, 15) is 4.79 Å². The maximum Gasteiger partial charge on any atom is 0.331 e. The van der Waals surface area contributed by atoms with Crippen LogP contribution >= 0.6 is 11.6 Å². The van der Waals surface area contributed by atoms with Gasteiger partial charge in [0.15, 0.2) is 0 Å². The van der Waals surface area contributed by atoms with Crippen LogP contribution in [0.1, 0.15) is 22.7 Å². The molecule has 134 valence electrons. The lowest BCUT2D eigenvalue weighted by Crippen LogP contribution is -2.02. The van der Waals surface area contributed by atoms with Gasteiger partial charge in [-0.15, -0.1) is 0 Å². The number of aromatic nitrogens is 3. The Morgan fingerprint density at radius 2 is 2.04 bits per heavy atom. The average molecular weight is 372 g/mol. The fourth-order valence-corrected chi connectivity index (χ4v) is 2.68. The quantitative estimate of drug-likeness (QED) is 0.498. The van der Waals surface area contributed by atoms with Gasteiger partial charge in [-0.05, 0) is 32.1 Å². The van der Waals surface area contributed by atoms with Crippen LogP contribution in [0, 0.1) is 13.8 Å². The zero-order valence-corrected chi connectivity index (χ0v) is 15.4. The van der Waals surface area contributed by atoms with Gasteiger partial charge in [-0.1, -0.05) is 29.8 Å². The zero-order valence-electron chi connectivity index (χ0n) is 14.7. The molecular formula is C19H18ClN3O3. The molecule has 0 aliphatic heterocycles. The molecule has 6 nitrogen and oxygen atoms in total. The van der Waals surface area contributed by atoms with Crippen molar-refractivity contribution in [1.82, 2.24) is 14.8 Å². The van der Waals surface area contributed by atoms with Crippen LogP contribution in [0.4, 0.5) is 0 Å². The van der Waals surface area contributed by atoms with E-state index in [1.165, 1.54) is 6.08 Å². The molecule has 0 N–H and O–H groups in total. The number of benzene rings is 1. The van der Waals surface area contributed by atoms with Crippen molar-refractivity contribution in [3.8, 4) is 11.5 Å². The minimum absolute atomic E-state index is 0.0328. The molecule has 7 heteroatoms. The predicted molar refractivity (Wildman–Crippen MR) is 98.5 cm³/mol. The van der Waals surface area contributed by atoms with Gasteiger partial charge in [0.25, 0.3) is 0 Å². The third-order valence-corrected chi connectivity index (χ3v) is 4.30. The lowest BCUT2D eigenvalue weighted by Gasteiger charge is -1.99. The molecular weight excluding hydrogens is 354 g/mol. The molecule has 0 unspecified atom stereocenters. The summed E-state index contributed by atoms with van der Waals surface area (Å²) in [6.45, 7) is 3.64. The van der Waals surface area contributed by atoms with Gasteiger partial charge in [0, 0.05) is 24.3 Å². The second-order valence-electron chi connectivity index (χ2n) is 5.74. The average Bonchev–Trinajstić information content (AvgIpc) is 3.12. The molecule has 0 fully saturated rings. The minimum Gasteiger partial charge on any atom is -0.456 e. The molecule has 0 aliphatic rings. The Morgan fingerprint density at radius 1 is 1.31 bits per heavy atom. The number of hydrogen-bond acceptors (Lipinski definition) is 5. The van der Waals surface area contributed by atoms with Crippen LogP contribution in [0.5, 0.6) is 0 Å². The van der Waals surface area contributed by atoms with Crippen LogP contribution < -0.4 is 0 Å². The van der Waals surface area contributed by atoms with Crippen molar-refractivity contribution in [3.63, 3.8) is 0 Å². The highest BCUT2D eigenvalue weighted by molar-refractivity contribution is 6.31. The molecule has 0 amide bonds. The number of carbonyl (C=O) groups is 1. The Bertz CT molecular complexity index is 958. The number of hydrogen-bond donors (Lipinski definition) is 0. The van der Waals surface area contributed by atoms with Gasteiger partial charge >= 0.3 is 5.97 Å². The number of ether oxygens (including phenoxy) is 1. The summed E-state index contributed by atoms with van der Waals surface area (Å²) < 4.78 is 12.4. The highest BCUT2D eigenvalue weighted by atomic mass is 35.5. The summed E-state index contributed by atoms with van der Waals surface area (Å²) in [7, 11) is 1.74. The molecule has 0 aliphatic carbocycles. The first-order valence-corrected chi connectivity index (χ1v) is 8.39. The normalized spacial score (nSPS) is 11.2. The SMILES string of the molecule is Cc1nn(C)c(Cl)c1/C=C/C(=O)OCc1nc(-c2ccccc2)oc1C. The molecule has 1 aromatic carbocycles. The first-order valence-electron chi connectivity index (χ1n) is 8.01. The van der Waals surface area contributed by atoms with Crippen molar-refractivity contribution in [2.45, 2.75) is 20.5 Å². The van der Waals surface area contributed by atoms with Crippen LogP contribution in [0.15, 0.2) is 40.8 Å². The smallest absolute Gasteiger partial charge is 0.331 e. The van der Waals surface area contributed by atoms with Crippen molar-refractivity contribution >= 4 is 23.6 Å². The first kappa shape index (κ1) is 17.9. The molecule has 2 aromatic heterocycles. The Hall–Kier alpha value is -2.86. The zero-order chi connectivity index (χ0) is 18.7. The highest BCUT2D eigenvalue weighted by Crippen LogP contribution is 2.22. The molecule has 0 bridgehead atoms. The van der Waals surface area contributed by atoms with Crippen molar-refractivity contribution in [2.75, 3.05) is 0 Å². The minimum atomic E-state index is -0.493. The van der Waals surface area contributed by atoms with E-state index in [4.69, 9.17) is 20.8 Å². The summed E-state index contributed by atoms with van der Waals surface area (Å²) in [5.74, 6) is 0.627. The molecule has 0 spiro atoms. The second-order valence-corrected chi connectivity index (χ2v) is 6.10. The number of oxazole rings is 1. The maximum absolute atomic E-state index is 12.0. The van der Waals surface area contributed by atoms with E-state index in [1.807, 2.05) is 37.3 Å². The third-order valence-electron chi connectivity index (χ3n) is 3.85. The molecule has 3 aromatic rings. The van der Waals surface area contributed by atoms with Crippen molar-refractivity contribution in [1.29, 1.82) is 0 Å². The lowest BCUT2D eigenvalue weighted by molar-refractivity contribution is -0.139. The third kappa shape index (κ3) is 3.86. The van der Waals surface area contributed by atoms with E-state index in [1.54, 1.807) is 24.7 Å². The van der Waals surface area contributed by atoms with E-state index < -0.39 is 5.97 Å². The number of aryl methyl sites for hydroxylation is 3. The number of carbonyl (C=O) groups excluding carboxylic acids is 1. The van der Waals surface area contributed by atoms with E-state index in [0.29, 0.717) is 28.1 Å². The van der Waals surface area contributed by atoms with Gasteiger partial charge in [0.05, 0.1) is 5.69 Å². The summed E-state index contributed by atoms with van der Waals surface area (Å²) in [6.07, 6.45) is 2.92. The Balaban J connectivity index is 1.65. The van der Waals surface area contributed by atoms with E-state index >= 15 is 0 Å². The Morgan fingerprint density at radius 3 is 2.69 bits per heavy atom. The van der Waals surface area contributed by atoms with Gasteiger partial charge in [-0.3, -0.25) is 4.68 Å². The monoisotopic (exact) mass is 371 g/mol. The summed E-state index contributed by atoms with van der Waals surface area (Å²) in [5.41, 5.74) is 2.88.